The summed E-state index contributed by atoms with van der Waals surface area (Å²) in [5.74, 6) is -0.116. The highest BCUT2D eigenvalue weighted by molar-refractivity contribution is 5.23. The lowest BCUT2D eigenvalue weighted by Crippen LogP contribution is -2.46. The zero-order valence-electron chi connectivity index (χ0n) is 14.6. The molecule has 0 radical (unpaired) electrons. The van der Waals surface area contributed by atoms with Crippen molar-refractivity contribution in [1.29, 1.82) is 0 Å². The molecule has 1 fully saturated rings. The van der Waals surface area contributed by atoms with Gasteiger partial charge in [0.25, 0.3) is 0 Å². The molecule has 1 heterocycles. The Bertz CT molecular complexity index is 571. The van der Waals surface area contributed by atoms with Gasteiger partial charge in [0, 0.05) is 25.6 Å². The third-order valence-corrected chi connectivity index (χ3v) is 4.32. The zero-order valence-corrected chi connectivity index (χ0v) is 14.6. The summed E-state index contributed by atoms with van der Waals surface area (Å²) in [6, 6.07) is 6.40. The van der Waals surface area contributed by atoms with Crippen molar-refractivity contribution in [2.75, 3.05) is 26.2 Å². The normalized spacial score (nSPS) is 22.9. The number of benzene rings is 1. The van der Waals surface area contributed by atoms with Crippen LogP contribution in [0.5, 0.6) is 5.75 Å². The van der Waals surface area contributed by atoms with E-state index in [4.69, 9.17) is 4.74 Å². The summed E-state index contributed by atoms with van der Waals surface area (Å²) in [7, 11) is 0. The molecule has 0 amide bonds. The molecule has 0 spiro atoms. The number of allylic oxidation sites excluding steroid dienone is 2. The first kappa shape index (κ1) is 18.7. The Kier molecular flexibility index (Phi) is 7.47. The second-order valence-electron chi connectivity index (χ2n) is 6.28. The van der Waals surface area contributed by atoms with Crippen LogP contribution in [0.25, 0.3) is 0 Å². The first-order valence-corrected chi connectivity index (χ1v) is 8.73. The van der Waals surface area contributed by atoms with E-state index in [1.807, 2.05) is 6.92 Å². The Morgan fingerprint density at radius 3 is 2.92 bits per heavy atom. The monoisotopic (exact) mass is 333 g/mol. The molecular weight excluding hydrogens is 305 g/mol. The van der Waals surface area contributed by atoms with Gasteiger partial charge in [0.1, 0.15) is 0 Å². The van der Waals surface area contributed by atoms with Crippen LogP contribution in [0.3, 0.4) is 0 Å². The van der Waals surface area contributed by atoms with Gasteiger partial charge in [0.15, 0.2) is 11.6 Å². The molecule has 2 rings (SSSR count). The molecule has 132 valence electrons. The van der Waals surface area contributed by atoms with Crippen molar-refractivity contribution in [3.05, 3.63) is 53.9 Å². The van der Waals surface area contributed by atoms with Crippen LogP contribution < -0.4 is 4.74 Å². The third-order valence-electron chi connectivity index (χ3n) is 4.32. The van der Waals surface area contributed by atoms with E-state index in [1.54, 1.807) is 18.2 Å². The molecule has 0 saturated carbocycles. The standard InChI is InChI=1S/C20H28FNO2/c1-3-7-16(8-4-2)13-22-12-11-19(23)17(14-22)15-24-20-10-6-5-9-18(20)21/h3,5-10,17,19,23H,4,11-15H2,1-2H3/b7-3-,16-8+. The molecule has 2 unspecified atom stereocenters. The van der Waals surface area contributed by atoms with Crippen LogP contribution in [0.15, 0.2) is 48.1 Å². The summed E-state index contributed by atoms with van der Waals surface area (Å²) in [6.45, 7) is 6.99. The van der Waals surface area contributed by atoms with Gasteiger partial charge in [-0.15, -0.1) is 0 Å². The lowest BCUT2D eigenvalue weighted by molar-refractivity contribution is 0.00798. The van der Waals surface area contributed by atoms with Crippen molar-refractivity contribution < 1.29 is 14.2 Å². The summed E-state index contributed by atoms with van der Waals surface area (Å²) < 4.78 is 19.3. The highest BCUT2D eigenvalue weighted by Crippen LogP contribution is 2.22. The Morgan fingerprint density at radius 2 is 2.21 bits per heavy atom. The van der Waals surface area contributed by atoms with Crippen LogP contribution in [-0.2, 0) is 0 Å². The molecule has 1 aliphatic heterocycles. The van der Waals surface area contributed by atoms with Gasteiger partial charge in [-0.05, 0) is 37.5 Å². The first-order valence-electron chi connectivity index (χ1n) is 8.73. The summed E-state index contributed by atoms with van der Waals surface area (Å²) in [5, 5.41) is 10.2. The molecule has 0 aliphatic carbocycles. The summed E-state index contributed by atoms with van der Waals surface area (Å²) in [6.07, 6.45) is 7.76. The molecule has 1 aliphatic rings. The zero-order chi connectivity index (χ0) is 17.4. The van der Waals surface area contributed by atoms with Gasteiger partial charge in [-0.2, -0.15) is 0 Å². The van der Waals surface area contributed by atoms with E-state index >= 15 is 0 Å². The molecule has 24 heavy (non-hydrogen) atoms. The molecule has 1 aromatic rings. The van der Waals surface area contributed by atoms with Crippen molar-refractivity contribution in [3.8, 4) is 5.75 Å². The van der Waals surface area contributed by atoms with E-state index in [2.05, 4.69) is 30.1 Å². The minimum Gasteiger partial charge on any atom is -0.490 e. The number of ether oxygens (including phenoxy) is 1. The number of aliphatic hydroxyl groups excluding tert-OH is 1. The van der Waals surface area contributed by atoms with Gasteiger partial charge in [0.05, 0.1) is 12.7 Å². The molecule has 1 saturated heterocycles. The Morgan fingerprint density at radius 1 is 1.42 bits per heavy atom. The molecule has 4 heteroatoms. The van der Waals surface area contributed by atoms with Crippen LogP contribution in [0.1, 0.15) is 26.7 Å². The second-order valence-corrected chi connectivity index (χ2v) is 6.28. The maximum absolute atomic E-state index is 13.6. The number of piperidine rings is 1. The van der Waals surface area contributed by atoms with Crippen LogP contribution in [-0.4, -0.2) is 42.4 Å². The number of aliphatic hydroxyl groups is 1. The predicted octanol–water partition coefficient (Wildman–Crippen LogP) is 3.80. The molecule has 3 nitrogen and oxygen atoms in total. The van der Waals surface area contributed by atoms with E-state index in [1.165, 1.54) is 11.6 Å². The van der Waals surface area contributed by atoms with E-state index in [0.717, 1.165) is 32.5 Å². The Hall–Kier alpha value is -1.65. The quantitative estimate of drug-likeness (QED) is 0.771. The number of hydrogen-bond acceptors (Lipinski definition) is 3. The van der Waals surface area contributed by atoms with E-state index in [0.29, 0.717) is 6.61 Å². The first-order chi connectivity index (χ1) is 11.6. The fraction of sp³-hybridized carbons (Fsp3) is 0.500. The van der Waals surface area contributed by atoms with E-state index in [9.17, 15) is 9.50 Å². The average Bonchev–Trinajstić information content (AvgIpc) is 2.57. The molecular formula is C20H28FNO2. The van der Waals surface area contributed by atoms with Gasteiger partial charge in [0.2, 0.25) is 0 Å². The minimum atomic E-state index is -0.395. The Balaban J connectivity index is 1.93. The van der Waals surface area contributed by atoms with Gasteiger partial charge in [-0.3, -0.25) is 4.90 Å². The average molecular weight is 333 g/mol. The molecule has 1 aromatic carbocycles. The smallest absolute Gasteiger partial charge is 0.165 e. The van der Waals surface area contributed by atoms with Gasteiger partial charge < -0.3 is 9.84 Å². The van der Waals surface area contributed by atoms with E-state index in [-0.39, 0.29) is 17.5 Å². The lowest BCUT2D eigenvalue weighted by atomic mass is 9.95. The highest BCUT2D eigenvalue weighted by Gasteiger charge is 2.28. The van der Waals surface area contributed by atoms with Gasteiger partial charge in [-0.1, -0.05) is 37.3 Å². The largest absolute Gasteiger partial charge is 0.490 e. The molecule has 0 aromatic heterocycles. The van der Waals surface area contributed by atoms with Crippen molar-refractivity contribution in [2.24, 2.45) is 5.92 Å². The maximum Gasteiger partial charge on any atom is 0.165 e. The van der Waals surface area contributed by atoms with Gasteiger partial charge in [-0.25, -0.2) is 4.39 Å². The fourth-order valence-corrected chi connectivity index (χ4v) is 3.08. The fourth-order valence-electron chi connectivity index (χ4n) is 3.08. The molecule has 0 bridgehead atoms. The highest BCUT2D eigenvalue weighted by atomic mass is 19.1. The minimum absolute atomic E-state index is 0.00756. The van der Waals surface area contributed by atoms with Crippen molar-refractivity contribution in [3.63, 3.8) is 0 Å². The number of halogens is 1. The number of para-hydroxylation sites is 1. The number of rotatable bonds is 7. The molecule has 2 atom stereocenters. The number of hydrogen-bond donors (Lipinski definition) is 1. The summed E-state index contributed by atoms with van der Waals surface area (Å²) in [5.41, 5.74) is 1.30. The van der Waals surface area contributed by atoms with E-state index < -0.39 is 6.10 Å². The number of nitrogens with zero attached hydrogens (tertiary/aromatic N) is 1. The van der Waals surface area contributed by atoms with Crippen LogP contribution in [0.4, 0.5) is 4.39 Å². The topological polar surface area (TPSA) is 32.7 Å². The van der Waals surface area contributed by atoms with Crippen molar-refractivity contribution >= 4 is 0 Å². The van der Waals surface area contributed by atoms with Crippen molar-refractivity contribution in [1.82, 2.24) is 4.90 Å². The predicted molar refractivity (Wildman–Crippen MR) is 95.6 cm³/mol. The van der Waals surface area contributed by atoms with Crippen LogP contribution in [0.2, 0.25) is 0 Å². The lowest BCUT2D eigenvalue weighted by Gasteiger charge is -2.36. The van der Waals surface area contributed by atoms with Gasteiger partial charge >= 0.3 is 0 Å². The third kappa shape index (κ3) is 5.46. The van der Waals surface area contributed by atoms with Crippen LogP contribution in [0, 0.1) is 11.7 Å². The second kappa shape index (κ2) is 9.60. The van der Waals surface area contributed by atoms with Crippen molar-refractivity contribution in [2.45, 2.75) is 32.8 Å². The van der Waals surface area contributed by atoms with Crippen LogP contribution >= 0.6 is 0 Å². The molecule has 1 N–H and O–H groups in total. The summed E-state index contributed by atoms with van der Waals surface area (Å²) >= 11 is 0. The Labute approximate surface area is 144 Å². The number of likely N-dealkylation sites (tertiary alicyclic amines) is 1. The maximum atomic E-state index is 13.6. The SMILES string of the molecule is C/C=C\C(=C/CC)CN1CCC(O)C(COc2ccccc2F)C1. The summed E-state index contributed by atoms with van der Waals surface area (Å²) in [4.78, 5) is 2.34.